The third kappa shape index (κ3) is 7.60. The molecule has 0 saturated carbocycles. The van der Waals surface area contributed by atoms with E-state index in [1.807, 2.05) is 0 Å². The number of hydrogen-bond donors (Lipinski definition) is 2. The molecule has 0 aliphatic rings. The molecule has 0 radical (unpaired) electrons. The third-order valence-electron chi connectivity index (χ3n) is 6.40. The summed E-state index contributed by atoms with van der Waals surface area (Å²) in [5.41, 5.74) is -2.49. The molecule has 1 atom stereocenters. The molecule has 4 aromatic heterocycles. The Balaban J connectivity index is 1.63. The Morgan fingerprint density at radius 2 is 1.68 bits per heavy atom. The topological polar surface area (TPSA) is 150 Å². The van der Waals surface area contributed by atoms with Crippen LogP contribution in [0, 0.1) is 6.92 Å². The number of hydrogen-bond acceptors (Lipinski definition) is 8. The van der Waals surface area contributed by atoms with Crippen LogP contribution in [0.15, 0.2) is 41.8 Å². The van der Waals surface area contributed by atoms with Gasteiger partial charge < -0.3 is 19.9 Å². The van der Waals surface area contributed by atoms with E-state index in [9.17, 15) is 27.6 Å². The van der Waals surface area contributed by atoms with Crippen molar-refractivity contribution in [3.05, 3.63) is 64.6 Å². The van der Waals surface area contributed by atoms with Crippen LogP contribution in [-0.4, -0.2) is 62.9 Å². The number of amides is 2. The van der Waals surface area contributed by atoms with E-state index in [-0.39, 0.29) is 29.9 Å². The molecule has 13 nitrogen and oxygen atoms in total. The van der Waals surface area contributed by atoms with Crippen LogP contribution in [0.4, 0.5) is 18.0 Å². The molecule has 0 unspecified atom stereocenters. The van der Waals surface area contributed by atoms with Gasteiger partial charge in [0.1, 0.15) is 17.5 Å². The number of aromatic nitrogens is 7. The van der Waals surface area contributed by atoms with Gasteiger partial charge in [-0.05, 0) is 47.6 Å². The second-order valence-electron chi connectivity index (χ2n) is 12.0. The monoisotopic (exact) mass is 617 g/mol. The number of fused-ring (bicyclic) bond motifs is 1. The highest BCUT2D eigenvalue weighted by atomic mass is 19.4. The smallest absolute Gasteiger partial charge is 0.435 e. The molecule has 0 bridgehead atoms. The first-order chi connectivity index (χ1) is 20.3. The van der Waals surface area contributed by atoms with E-state index < -0.39 is 41.1 Å². The highest BCUT2D eigenvalue weighted by Gasteiger charge is 2.37. The lowest BCUT2D eigenvalue weighted by molar-refractivity contribution is -0.141. The van der Waals surface area contributed by atoms with E-state index >= 15 is 0 Å². The maximum atomic E-state index is 13.7. The average Bonchev–Trinajstić information content (AvgIpc) is 3.49. The third-order valence-corrected chi connectivity index (χ3v) is 6.40. The van der Waals surface area contributed by atoms with Crippen LogP contribution in [0.2, 0.25) is 0 Å². The van der Waals surface area contributed by atoms with E-state index in [1.165, 1.54) is 33.8 Å². The van der Waals surface area contributed by atoms with Gasteiger partial charge in [-0.15, -0.1) is 0 Å². The van der Waals surface area contributed by atoms with Gasteiger partial charge in [0.05, 0.1) is 17.8 Å². The maximum Gasteiger partial charge on any atom is 0.435 e. The first-order valence-electron chi connectivity index (χ1n) is 13.6. The summed E-state index contributed by atoms with van der Waals surface area (Å²) in [5, 5.41) is 9.15. The minimum Gasteiger partial charge on any atom is -0.444 e. The molecule has 2 N–H and O–H groups in total. The predicted octanol–water partition coefficient (Wildman–Crippen LogP) is 3.04. The van der Waals surface area contributed by atoms with Crippen molar-refractivity contribution in [3.63, 3.8) is 0 Å². The lowest BCUT2D eigenvalue weighted by Gasteiger charge is -2.30. The summed E-state index contributed by atoms with van der Waals surface area (Å²) in [7, 11) is 1.58. The summed E-state index contributed by atoms with van der Waals surface area (Å²) >= 11 is 0. The van der Waals surface area contributed by atoms with E-state index in [0.29, 0.717) is 17.1 Å². The van der Waals surface area contributed by atoms with Gasteiger partial charge in [0.2, 0.25) is 11.6 Å². The fourth-order valence-electron chi connectivity index (χ4n) is 4.40. The second-order valence-corrected chi connectivity index (χ2v) is 12.0. The molecule has 0 fully saturated rings. The van der Waals surface area contributed by atoms with Gasteiger partial charge in [-0.2, -0.15) is 18.3 Å². The van der Waals surface area contributed by atoms with Gasteiger partial charge in [-0.25, -0.2) is 19.7 Å². The molecule has 4 aromatic rings. The van der Waals surface area contributed by atoms with Crippen LogP contribution in [0.3, 0.4) is 0 Å². The minimum absolute atomic E-state index is 0.0819. The van der Waals surface area contributed by atoms with Crippen LogP contribution in [0.1, 0.15) is 51.8 Å². The average molecular weight is 618 g/mol. The van der Waals surface area contributed by atoms with Crippen LogP contribution >= 0.6 is 0 Å². The summed E-state index contributed by atoms with van der Waals surface area (Å²) in [6.45, 7) is 9.69. The van der Waals surface area contributed by atoms with Crippen molar-refractivity contribution in [2.45, 2.75) is 77.9 Å². The normalized spacial score (nSPS) is 13.1. The van der Waals surface area contributed by atoms with E-state index in [4.69, 9.17) is 4.74 Å². The van der Waals surface area contributed by atoms with Crippen molar-refractivity contribution < 1.29 is 27.5 Å². The largest absolute Gasteiger partial charge is 0.444 e. The summed E-state index contributed by atoms with van der Waals surface area (Å²) in [6, 6.07) is -0.310. The minimum atomic E-state index is -4.71. The quantitative estimate of drug-likeness (QED) is 0.306. The molecule has 0 saturated heterocycles. The Bertz CT molecular complexity index is 1730. The molecule has 44 heavy (non-hydrogen) atoms. The molecule has 2 amide bonds. The van der Waals surface area contributed by atoms with Crippen LogP contribution in [0.25, 0.3) is 16.9 Å². The van der Waals surface area contributed by atoms with Gasteiger partial charge in [-0.1, -0.05) is 0 Å². The van der Waals surface area contributed by atoms with Gasteiger partial charge in [0, 0.05) is 55.7 Å². The number of nitrogens with one attached hydrogen (secondary N) is 2. The van der Waals surface area contributed by atoms with Crippen molar-refractivity contribution in [2.75, 3.05) is 0 Å². The Morgan fingerprint density at radius 1 is 1.02 bits per heavy atom. The lowest BCUT2D eigenvalue weighted by Crippen LogP contribution is -2.56. The number of imidazole rings is 1. The SMILES string of the molecule is Cc1ncc(-c2cc(C(F)(F)F)nn2CC(C)(C)NC(=O)[C@@H](Cc2cnc3c(=O)n(C)ccn23)NC(=O)OC(C)(C)C)cn1. The summed E-state index contributed by atoms with van der Waals surface area (Å²) in [6.07, 6.45) is 1.71. The molecule has 4 rings (SSSR count). The highest BCUT2D eigenvalue weighted by Crippen LogP contribution is 2.32. The van der Waals surface area contributed by atoms with Crippen LogP contribution < -0.4 is 16.2 Å². The first-order valence-corrected chi connectivity index (χ1v) is 13.6. The van der Waals surface area contributed by atoms with Gasteiger partial charge in [0.25, 0.3) is 5.56 Å². The summed E-state index contributed by atoms with van der Waals surface area (Å²) in [5.74, 6) is -0.207. The molecule has 0 aliphatic carbocycles. The number of alkyl halides is 3. The standard InChI is InChI=1S/C28H34F3N9O4/c1-16-32-12-17(13-33-16)20-11-21(28(29,30)31)37-40(20)15-27(5,6)36-23(41)19(35-25(43)44-26(2,3)4)10-18-14-34-22-24(42)38(7)8-9-39(18)22/h8-9,11-14,19H,10,15H2,1-7H3,(H,35,43)(H,36,41)/t19-/m1/s1. The highest BCUT2D eigenvalue weighted by molar-refractivity contribution is 5.86. The molecule has 236 valence electrons. The Hall–Kier alpha value is -4.76. The maximum absolute atomic E-state index is 13.7. The molecule has 4 heterocycles. The van der Waals surface area contributed by atoms with Crippen molar-refractivity contribution in [1.29, 1.82) is 0 Å². The zero-order valence-corrected chi connectivity index (χ0v) is 25.4. The summed E-state index contributed by atoms with van der Waals surface area (Å²) < 4.78 is 50.3. The fourth-order valence-corrected chi connectivity index (χ4v) is 4.40. The van der Waals surface area contributed by atoms with Gasteiger partial charge >= 0.3 is 12.3 Å². The molecule has 0 spiro atoms. The van der Waals surface area contributed by atoms with Gasteiger partial charge in [-0.3, -0.25) is 18.7 Å². The van der Waals surface area contributed by atoms with Crippen molar-refractivity contribution in [2.24, 2.45) is 7.05 Å². The number of halogens is 3. The number of carbonyl (C=O) groups is 2. The molecular formula is C28H34F3N9O4. The molecular weight excluding hydrogens is 583 g/mol. The number of aryl methyl sites for hydroxylation is 2. The van der Waals surface area contributed by atoms with Crippen LogP contribution in [0.5, 0.6) is 0 Å². The number of ether oxygens (including phenoxy) is 1. The van der Waals surface area contributed by atoms with E-state index in [1.54, 1.807) is 54.8 Å². The molecule has 0 aromatic carbocycles. The predicted molar refractivity (Wildman–Crippen MR) is 153 cm³/mol. The van der Waals surface area contributed by atoms with Crippen LogP contribution in [-0.2, 0) is 35.7 Å². The van der Waals surface area contributed by atoms with Crippen molar-refractivity contribution in [3.8, 4) is 11.3 Å². The van der Waals surface area contributed by atoms with Crippen molar-refractivity contribution in [1.82, 2.24) is 44.3 Å². The fraction of sp³-hybridized carbons (Fsp3) is 0.464. The zero-order valence-electron chi connectivity index (χ0n) is 25.4. The zero-order chi connectivity index (χ0) is 32.6. The van der Waals surface area contributed by atoms with Gasteiger partial charge in [0.15, 0.2) is 5.69 Å². The Labute approximate surface area is 250 Å². The lowest BCUT2D eigenvalue weighted by atomic mass is 10.0. The van der Waals surface area contributed by atoms with E-state index in [2.05, 4.69) is 30.7 Å². The van der Waals surface area contributed by atoms with Crippen molar-refractivity contribution >= 4 is 17.6 Å². The Kier molecular flexibility index (Phi) is 8.57. The number of rotatable bonds is 8. The van der Waals surface area contributed by atoms with E-state index in [0.717, 1.165) is 10.7 Å². The summed E-state index contributed by atoms with van der Waals surface area (Å²) in [4.78, 5) is 51.2. The first kappa shape index (κ1) is 32.2. The molecule has 0 aliphatic heterocycles. The molecule has 16 heteroatoms. The number of nitrogens with zero attached hydrogens (tertiary/aromatic N) is 7. The second kappa shape index (κ2) is 11.7. The Morgan fingerprint density at radius 3 is 2.30 bits per heavy atom. The number of carbonyl (C=O) groups excluding carboxylic acids is 2. The number of alkyl carbamates (subject to hydrolysis) is 1.